The van der Waals surface area contributed by atoms with Gasteiger partial charge in [0.05, 0.1) is 0 Å². The topological polar surface area (TPSA) is 81.2 Å². The Kier molecular flexibility index (Phi) is 5.30. The Morgan fingerprint density at radius 3 is 3.04 bits per heavy atom. The van der Waals surface area contributed by atoms with Gasteiger partial charge in [-0.25, -0.2) is 4.98 Å². The van der Waals surface area contributed by atoms with Gasteiger partial charge in [-0.1, -0.05) is 6.07 Å². The van der Waals surface area contributed by atoms with Crippen LogP contribution in [0.1, 0.15) is 35.9 Å². The highest BCUT2D eigenvalue weighted by Crippen LogP contribution is 2.26. The van der Waals surface area contributed by atoms with Gasteiger partial charge in [0.1, 0.15) is 12.4 Å². The van der Waals surface area contributed by atoms with Gasteiger partial charge in [-0.05, 0) is 30.7 Å². The summed E-state index contributed by atoms with van der Waals surface area (Å²) >= 11 is 1.69. The van der Waals surface area contributed by atoms with Crippen LogP contribution in [-0.2, 0) is 22.6 Å². The molecule has 0 radical (unpaired) electrons. The Morgan fingerprint density at radius 2 is 2.29 bits per heavy atom. The third-order valence-electron chi connectivity index (χ3n) is 4.38. The molecule has 0 aromatic carbocycles. The standard InChI is InChI=1S/C17H22N4O2S/c18-15(22)12-21-9-7-19-17(21)13-3-1-8-20(11-13)16(23)6-5-14-4-2-10-24-14/h2,4,7,9-10,13H,1,3,5-6,8,11-12H2,(H2,18,22)/t13-/m1/s1. The van der Waals surface area contributed by atoms with Crippen LogP contribution >= 0.6 is 11.3 Å². The van der Waals surface area contributed by atoms with E-state index in [4.69, 9.17) is 5.73 Å². The van der Waals surface area contributed by atoms with Crippen LogP contribution in [0.2, 0.25) is 0 Å². The number of carbonyl (C=O) groups excluding carboxylic acids is 2. The Hall–Kier alpha value is -2.15. The van der Waals surface area contributed by atoms with Crippen LogP contribution in [-0.4, -0.2) is 39.4 Å². The van der Waals surface area contributed by atoms with Gasteiger partial charge in [0, 0.05) is 42.7 Å². The van der Waals surface area contributed by atoms with Crippen LogP contribution in [0.15, 0.2) is 29.9 Å². The van der Waals surface area contributed by atoms with Gasteiger partial charge < -0.3 is 15.2 Å². The Bertz CT molecular complexity index is 695. The number of amides is 2. The summed E-state index contributed by atoms with van der Waals surface area (Å²) in [5.41, 5.74) is 5.29. The lowest BCUT2D eigenvalue weighted by Crippen LogP contribution is -2.40. The molecule has 0 aliphatic carbocycles. The van der Waals surface area contributed by atoms with E-state index in [2.05, 4.69) is 11.1 Å². The average Bonchev–Trinajstić information content (AvgIpc) is 3.24. The first-order valence-corrected chi connectivity index (χ1v) is 9.11. The van der Waals surface area contributed by atoms with Gasteiger partial charge in [-0.3, -0.25) is 9.59 Å². The number of imidazole rings is 1. The SMILES string of the molecule is NC(=O)Cn1ccnc1[C@@H]1CCCN(C(=O)CCc2cccs2)C1. The number of hydrogen-bond donors (Lipinski definition) is 1. The van der Waals surface area contributed by atoms with Gasteiger partial charge in [0.2, 0.25) is 11.8 Å². The molecule has 6 nitrogen and oxygen atoms in total. The van der Waals surface area contributed by atoms with Crippen molar-refractivity contribution in [2.75, 3.05) is 13.1 Å². The predicted octanol–water partition coefficient (Wildman–Crippen LogP) is 1.77. The molecule has 2 amide bonds. The Balaban J connectivity index is 1.60. The van der Waals surface area contributed by atoms with Crippen molar-refractivity contribution in [3.05, 3.63) is 40.6 Å². The molecule has 7 heteroatoms. The molecule has 0 unspecified atom stereocenters. The first kappa shape index (κ1) is 16.7. The number of piperidine rings is 1. The van der Waals surface area contributed by atoms with E-state index in [1.807, 2.05) is 16.3 Å². The number of hydrogen-bond acceptors (Lipinski definition) is 4. The van der Waals surface area contributed by atoms with E-state index in [1.165, 1.54) is 4.88 Å². The molecule has 0 saturated carbocycles. The van der Waals surface area contributed by atoms with Gasteiger partial charge >= 0.3 is 0 Å². The highest BCUT2D eigenvalue weighted by atomic mass is 32.1. The molecule has 2 N–H and O–H groups in total. The molecular formula is C17H22N4O2S. The minimum Gasteiger partial charge on any atom is -0.368 e. The van der Waals surface area contributed by atoms with Crippen molar-refractivity contribution in [3.63, 3.8) is 0 Å². The largest absolute Gasteiger partial charge is 0.368 e. The van der Waals surface area contributed by atoms with E-state index in [0.29, 0.717) is 13.0 Å². The maximum absolute atomic E-state index is 12.5. The summed E-state index contributed by atoms with van der Waals surface area (Å²) in [5.74, 6) is 0.832. The number of aromatic nitrogens is 2. The second kappa shape index (κ2) is 7.61. The normalized spacial score (nSPS) is 17.8. The van der Waals surface area contributed by atoms with E-state index < -0.39 is 0 Å². The van der Waals surface area contributed by atoms with Crippen molar-refractivity contribution in [1.29, 1.82) is 0 Å². The van der Waals surface area contributed by atoms with Gasteiger partial charge in [0.25, 0.3) is 0 Å². The highest BCUT2D eigenvalue weighted by molar-refractivity contribution is 7.09. The molecule has 2 aromatic heterocycles. The number of nitrogens with zero attached hydrogens (tertiary/aromatic N) is 3. The number of nitrogens with two attached hydrogens (primary N) is 1. The smallest absolute Gasteiger partial charge is 0.237 e. The zero-order valence-corrected chi connectivity index (χ0v) is 14.4. The van der Waals surface area contributed by atoms with Gasteiger partial charge in [-0.2, -0.15) is 0 Å². The van der Waals surface area contributed by atoms with Crippen molar-refractivity contribution in [3.8, 4) is 0 Å². The zero-order chi connectivity index (χ0) is 16.9. The molecule has 1 fully saturated rings. The molecule has 1 aliphatic rings. The fourth-order valence-corrected chi connectivity index (χ4v) is 3.95. The van der Waals surface area contributed by atoms with Gasteiger partial charge in [0.15, 0.2) is 0 Å². The van der Waals surface area contributed by atoms with E-state index in [-0.39, 0.29) is 24.3 Å². The van der Waals surface area contributed by atoms with E-state index >= 15 is 0 Å². The minimum absolute atomic E-state index is 0.137. The van der Waals surface area contributed by atoms with Gasteiger partial charge in [-0.15, -0.1) is 11.3 Å². The van der Waals surface area contributed by atoms with Crippen LogP contribution in [0.3, 0.4) is 0 Å². The molecule has 1 atom stereocenters. The quantitative estimate of drug-likeness (QED) is 0.865. The molecule has 3 rings (SSSR count). The van der Waals surface area contributed by atoms with Crippen LogP contribution in [0, 0.1) is 0 Å². The summed E-state index contributed by atoms with van der Waals surface area (Å²) in [6, 6.07) is 4.08. The molecule has 1 aliphatic heterocycles. The Morgan fingerprint density at radius 1 is 1.42 bits per heavy atom. The van der Waals surface area contributed by atoms with Crippen molar-refractivity contribution in [2.45, 2.75) is 38.1 Å². The number of primary amides is 1. The lowest BCUT2D eigenvalue weighted by molar-refractivity contribution is -0.132. The molecule has 3 heterocycles. The molecule has 1 saturated heterocycles. The first-order valence-electron chi connectivity index (χ1n) is 8.23. The van der Waals surface area contributed by atoms with Crippen molar-refractivity contribution in [2.24, 2.45) is 5.73 Å². The first-order chi connectivity index (χ1) is 11.6. The number of carbonyl (C=O) groups is 2. The van der Waals surface area contributed by atoms with Crippen molar-refractivity contribution >= 4 is 23.2 Å². The number of thiophene rings is 1. The maximum Gasteiger partial charge on any atom is 0.237 e. The lowest BCUT2D eigenvalue weighted by Gasteiger charge is -2.32. The summed E-state index contributed by atoms with van der Waals surface area (Å²) < 4.78 is 1.80. The molecule has 128 valence electrons. The zero-order valence-electron chi connectivity index (χ0n) is 13.6. The summed E-state index contributed by atoms with van der Waals surface area (Å²) in [5, 5.41) is 2.04. The van der Waals surface area contributed by atoms with Crippen molar-refractivity contribution in [1.82, 2.24) is 14.5 Å². The van der Waals surface area contributed by atoms with Crippen LogP contribution < -0.4 is 5.73 Å². The lowest BCUT2D eigenvalue weighted by atomic mass is 9.96. The molecular weight excluding hydrogens is 324 g/mol. The van der Waals surface area contributed by atoms with E-state index in [1.54, 1.807) is 28.3 Å². The second-order valence-electron chi connectivity index (χ2n) is 6.14. The molecule has 2 aromatic rings. The minimum atomic E-state index is -0.381. The second-order valence-corrected chi connectivity index (χ2v) is 7.17. The fourth-order valence-electron chi connectivity index (χ4n) is 3.24. The third kappa shape index (κ3) is 4.03. The number of rotatable bonds is 6. The fraction of sp³-hybridized carbons (Fsp3) is 0.471. The maximum atomic E-state index is 12.5. The summed E-state index contributed by atoms with van der Waals surface area (Å²) in [4.78, 5) is 31.3. The molecule has 0 spiro atoms. The van der Waals surface area contributed by atoms with Crippen LogP contribution in [0.4, 0.5) is 0 Å². The summed E-state index contributed by atoms with van der Waals surface area (Å²) in [6.45, 7) is 1.60. The summed E-state index contributed by atoms with van der Waals surface area (Å²) in [7, 11) is 0. The Labute approximate surface area is 145 Å². The molecule has 0 bridgehead atoms. The molecule has 24 heavy (non-hydrogen) atoms. The summed E-state index contributed by atoms with van der Waals surface area (Å²) in [6.07, 6.45) is 6.74. The third-order valence-corrected chi connectivity index (χ3v) is 5.31. The number of likely N-dealkylation sites (tertiary alicyclic amines) is 1. The van der Waals surface area contributed by atoms with Crippen LogP contribution in [0.5, 0.6) is 0 Å². The van der Waals surface area contributed by atoms with Crippen LogP contribution in [0.25, 0.3) is 0 Å². The van der Waals surface area contributed by atoms with Crippen molar-refractivity contribution < 1.29 is 9.59 Å². The van der Waals surface area contributed by atoms with E-state index in [9.17, 15) is 9.59 Å². The number of aryl methyl sites for hydroxylation is 1. The monoisotopic (exact) mass is 346 g/mol. The highest BCUT2D eigenvalue weighted by Gasteiger charge is 2.27. The predicted molar refractivity (Wildman–Crippen MR) is 92.6 cm³/mol. The van der Waals surface area contributed by atoms with E-state index in [0.717, 1.165) is 31.6 Å². The average molecular weight is 346 g/mol.